The van der Waals surface area contributed by atoms with Gasteiger partial charge in [-0.25, -0.2) is 9.78 Å². The molecule has 0 unspecified atom stereocenters. The van der Waals surface area contributed by atoms with Crippen LogP contribution >= 0.6 is 0 Å². The zero-order valence-electron chi connectivity index (χ0n) is 13.7. The number of anilines is 3. The van der Waals surface area contributed by atoms with Gasteiger partial charge >= 0.3 is 5.97 Å². The van der Waals surface area contributed by atoms with Crippen LogP contribution in [0.2, 0.25) is 0 Å². The van der Waals surface area contributed by atoms with Crippen molar-refractivity contribution in [1.29, 1.82) is 0 Å². The van der Waals surface area contributed by atoms with E-state index in [0.29, 0.717) is 17.3 Å². The van der Waals surface area contributed by atoms with Crippen molar-refractivity contribution in [3.8, 4) is 0 Å². The van der Waals surface area contributed by atoms with Gasteiger partial charge in [0.15, 0.2) is 0 Å². The highest BCUT2D eigenvalue weighted by molar-refractivity contribution is 5.90. The number of carbonyl (C=O) groups excluding carboxylic acids is 1. The van der Waals surface area contributed by atoms with Crippen molar-refractivity contribution in [3.05, 3.63) is 41.6 Å². The molecule has 1 aromatic heterocycles. The molecular weight excluding hydrogens is 292 g/mol. The van der Waals surface area contributed by atoms with Gasteiger partial charge in [-0.1, -0.05) is 19.4 Å². The number of carbonyl (C=O) groups is 1. The van der Waals surface area contributed by atoms with Gasteiger partial charge in [0.05, 0.1) is 12.7 Å². The molecule has 2 aromatic rings. The Morgan fingerprint density at radius 1 is 1.26 bits per heavy atom. The summed E-state index contributed by atoms with van der Waals surface area (Å²) in [7, 11) is 1.37. The summed E-state index contributed by atoms with van der Waals surface area (Å²) in [5.74, 6) is 0.915. The van der Waals surface area contributed by atoms with E-state index < -0.39 is 0 Å². The minimum absolute atomic E-state index is 0.366. The molecule has 2 N–H and O–H groups in total. The fourth-order valence-corrected chi connectivity index (χ4v) is 2.08. The molecule has 0 amide bonds. The summed E-state index contributed by atoms with van der Waals surface area (Å²) in [6, 6.07) is 8.96. The molecular formula is C17H22N4O2. The number of unbranched alkanes of at least 4 members (excludes halogenated alkanes) is 1. The smallest absolute Gasteiger partial charge is 0.337 e. The first kappa shape index (κ1) is 16.7. The molecule has 0 aliphatic carbocycles. The Labute approximate surface area is 136 Å². The van der Waals surface area contributed by atoms with Crippen molar-refractivity contribution in [2.24, 2.45) is 0 Å². The summed E-state index contributed by atoms with van der Waals surface area (Å²) in [5, 5.41) is 6.41. The molecule has 23 heavy (non-hydrogen) atoms. The van der Waals surface area contributed by atoms with E-state index >= 15 is 0 Å². The van der Waals surface area contributed by atoms with Gasteiger partial charge < -0.3 is 15.4 Å². The van der Waals surface area contributed by atoms with Gasteiger partial charge in [0.2, 0.25) is 5.95 Å². The monoisotopic (exact) mass is 314 g/mol. The molecule has 0 aliphatic heterocycles. The predicted octanol–water partition coefficient (Wildman–Crippen LogP) is 3.53. The number of aryl methyl sites for hydroxylation is 1. The quantitative estimate of drug-likeness (QED) is 0.601. The molecule has 0 bridgehead atoms. The minimum atomic E-state index is -0.366. The van der Waals surface area contributed by atoms with Crippen LogP contribution < -0.4 is 10.6 Å². The second-order valence-electron chi connectivity index (χ2n) is 5.20. The van der Waals surface area contributed by atoms with Crippen LogP contribution in [0.4, 0.5) is 17.5 Å². The number of hydrogen-bond acceptors (Lipinski definition) is 6. The average molecular weight is 314 g/mol. The van der Waals surface area contributed by atoms with Crippen molar-refractivity contribution in [2.45, 2.75) is 26.7 Å². The topological polar surface area (TPSA) is 76.1 Å². The first-order valence-electron chi connectivity index (χ1n) is 7.67. The summed E-state index contributed by atoms with van der Waals surface area (Å²) in [6.45, 7) is 4.90. The van der Waals surface area contributed by atoms with Gasteiger partial charge in [0.25, 0.3) is 0 Å². The zero-order valence-corrected chi connectivity index (χ0v) is 13.7. The number of ether oxygens (including phenoxy) is 1. The number of methoxy groups -OCH3 is 1. The van der Waals surface area contributed by atoms with Crippen LogP contribution in [0.25, 0.3) is 0 Å². The van der Waals surface area contributed by atoms with E-state index in [1.165, 1.54) is 7.11 Å². The van der Waals surface area contributed by atoms with E-state index in [1.807, 2.05) is 19.1 Å². The third-order valence-corrected chi connectivity index (χ3v) is 3.22. The summed E-state index contributed by atoms with van der Waals surface area (Å²) >= 11 is 0. The van der Waals surface area contributed by atoms with E-state index in [0.717, 1.165) is 30.8 Å². The maximum absolute atomic E-state index is 11.6. The molecule has 0 aliphatic rings. The summed E-state index contributed by atoms with van der Waals surface area (Å²) < 4.78 is 4.73. The number of nitrogens with one attached hydrogen (secondary N) is 2. The van der Waals surface area contributed by atoms with Crippen molar-refractivity contribution in [3.63, 3.8) is 0 Å². The first-order valence-corrected chi connectivity index (χ1v) is 7.67. The van der Waals surface area contributed by atoms with Gasteiger partial charge in [0, 0.05) is 24.0 Å². The van der Waals surface area contributed by atoms with Crippen molar-refractivity contribution in [1.82, 2.24) is 9.97 Å². The van der Waals surface area contributed by atoms with Gasteiger partial charge in [-0.15, -0.1) is 0 Å². The van der Waals surface area contributed by atoms with Crippen LogP contribution in [0, 0.1) is 6.92 Å². The number of esters is 1. The molecule has 0 fully saturated rings. The van der Waals surface area contributed by atoms with Crippen LogP contribution in [0.15, 0.2) is 30.3 Å². The highest BCUT2D eigenvalue weighted by Crippen LogP contribution is 2.18. The molecule has 0 saturated heterocycles. The Balaban J connectivity index is 2.14. The predicted molar refractivity (Wildman–Crippen MR) is 91.2 cm³/mol. The number of benzene rings is 1. The normalized spacial score (nSPS) is 10.2. The Morgan fingerprint density at radius 2 is 2.09 bits per heavy atom. The molecule has 0 spiro atoms. The summed E-state index contributed by atoms with van der Waals surface area (Å²) in [5.41, 5.74) is 2.13. The van der Waals surface area contributed by atoms with Gasteiger partial charge in [0.1, 0.15) is 5.82 Å². The van der Waals surface area contributed by atoms with Crippen molar-refractivity contribution >= 4 is 23.4 Å². The van der Waals surface area contributed by atoms with E-state index in [2.05, 4.69) is 27.5 Å². The third kappa shape index (κ3) is 4.95. The molecule has 6 heteroatoms. The van der Waals surface area contributed by atoms with Gasteiger partial charge in [-0.2, -0.15) is 4.98 Å². The Morgan fingerprint density at radius 3 is 2.83 bits per heavy atom. The largest absolute Gasteiger partial charge is 0.465 e. The fraction of sp³-hybridized carbons (Fsp3) is 0.353. The molecule has 122 valence electrons. The van der Waals surface area contributed by atoms with Crippen molar-refractivity contribution in [2.75, 3.05) is 24.3 Å². The lowest BCUT2D eigenvalue weighted by atomic mass is 10.2. The van der Waals surface area contributed by atoms with Crippen LogP contribution in [-0.2, 0) is 4.74 Å². The van der Waals surface area contributed by atoms with E-state index in [-0.39, 0.29) is 5.97 Å². The lowest BCUT2D eigenvalue weighted by Crippen LogP contribution is -2.07. The van der Waals surface area contributed by atoms with E-state index in [4.69, 9.17) is 4.74 Å². The molecule has 1 heterocycles. The van der Waals surface area contributed by atoms with Crippen LogP contribution in [0.3, 0.4) is 0 Å². The van der Waals surface area contributed by atoms with Crippen LogP contribution in [-0.4, -0.2) is 29.6 Å². The Bertz CT molecular complexity index is 673. The maximum Gasteiger partial charge on any atom is 0.337 e. The third-order valence-electron chi connectivity index (χ3n) is 3.22. The fourth-order valence-electron chi connectivity index (χ4n) is 2.08. The minimum Gasteiger partial charge on any atom is -0.465 e. The number of aromatic nitrogens is 2. The van der Waals surface area contributed by atoms with Gasteiger partial charge in [-0.3, -0.25) is 0 Å². The Hall–Kier alpha value is -2.63. The molecule has 2 rings (SSSR count). The van der Waals surface area contributed by atoms with Crippen LogP contribution in [0.1, 0.15) is 35.8 Å². The molecule has 0 radical (unpaired) electrons. The van der Waals surface area contributed by atoms with E-state index in [9.17, 15) is 4.79 Å². The zero-order chi connectivity index (χ0) is 16.7. The second-order valence-corrected chi connectivity index (χ2v) is 5.20. The number of nitrogens with zero attached hydrogens (tertiary/aromatic N) is 2. The van der Waals surface area contributed by atoms with Gasteiger partial charge in [-0.05, 0) is 31.5 Å². The highest BCUT2D eigenvalue weighted by Gasteiger charge is 2.07. The molecule has 0 saturated carbocycles. The van der Waals surface area contributed by atoms with Crippen LogP contribution in [0.5, 0.6) is 0 Å². The summed E-state index contributed by atoms with van der Waals surface area (Å²) in [6.07, 6.45) is 2.19. The molecule has 1 aromatic carbocycles. The number of rotatable bonds is 7. The lowest BCUT2D eigenvalue weighted by Gasteiger charge is -2.10. The average Bonchev–Trinajstić information content (AvgIpc) is 2.54. The lowest BCUT2D eigenvalue weighted by molar-refractivity contribution is 0.0601. The number of hydrogen-bond donors (Lipinski definition) is 2. The first-order chi connectivity index (χ1) is 11.1. The maximum atomic E-state index is 11.6. The SMILES string of the molecule is CCCCNc1nc(C)cc(Nc2cccc(C(=O)OC)c2)n1. The highest BCUT2D eigenvalue weighted by atomic mass is 16.5. The van der Waals surface area contributed by atoms with Crippen molar-refractivity contribution < 1.29 is 9.53 Å². The standard InChI is InChI=1S/C17H22N4O2/c1-4-5-9-18-17-19-12(2)10-15(21-17)20-14-8-6-7-13(11-14)16(22)23-3/h6-8,10-11H,4-5,9H2,1-3H3,(H2,18,19,20,21). The van der Waals surface area contributed by atoms with E-state index in [1.54, 1.807) is 18.2 Å². The summed E-state index contributed by atoms with van der Waals surface area (Å²) in [4.78, 5) is 20.4. The second kappa shape index (κ2) is 8.12. The Kier molecular flexibility index (Phi) is 5.91. The molecule has 6 nitrogen and oxygen atoms in total. The molecule has 0 atom stereocenters.